The lowest BCUT2D eigenvalue weighted by Gasteiger charge is -2.26. The van der Waals surface area contributed by atoms with Crippen LogP contribution < -0.4 is 16.0 Å². The number of piperidine rings is 1. The third-order valence-electron chi connectivity index (χ3n) is 4.29. The summed E-state index contributed by atoms with van der Waals surface area (Å²) in [6.07, 6.45) is 4.01. The van der Waals surface area contributed by atoms with Crippen LogP contribution in [0.2, 0.25) is 5.15 Å². The molecule has 0 radical (unpaired) electrons. The van der Waals surface area contributed by atoms with Gasteiger partial charge in [0.2, 0.25) is 0 Å². The van der Waals surface area contributed by atoms with Crippen LogP contribution in [-0.4, -0.2) is 24.1 Å². The topological polar surface area (TPSA) is 49.0 Å². The Morgan fingerprint density at radius 1 is 1.42 bits per heavy atom. The van der Waals surface area contributed by atoms with Gasteiger partial charge in [0.05, 0.1) is 5.69 Å². The molecule has 24 heavy (non-hydrogen) atoms. The van der Waals surface area contributed by atoms with Crippen LogP contribution in [0.25, 0.3) is 0 Å². The molecule has 6 heteroatoms. The summed E-state index contributed by atoms with van der Waals surface area (Å²) in [4.78, 5) is 4.17. The fourth-order valence-corrected chi connectivity index (χ4v) is 3.13. The van der Waals surface area contributed by atoms with Crippen molar-refractivity contribution >= 4 is 23.0 Å². The van der Waals surface area contributed by atoms with Gasteiger partial charge in [0.1, 0.15) is 11.0 Å². The number of nitrogens with one attached hydrogen (secondary N) is 3. The molecule has 1 aliphatic heterocycles. The van der Waals surface area contributed by atoms with Crippen molar-refractivity contribution in [3.8, 4) is 0 Å². The predicted molar refractivity (Wildman–Crippen MR) is 97.2 cm³/mol. The SMILES string of the molecule is Cc1cccc(F)c1NCc1cnc(Cl)cc1N[C@H]1CCCNC1. The molecule has 1 atom stereocenters. The Morgan fingerprint density at radius 2 is 2.29 bits per heavy atom. The average molecular weight is 349 g/mol. The third kappa shape index (κ3) is 4.16. The number of aromatic nitrogens is 1. The van der Waals surface area contributed by atoms with E-state index in [1.807, 2.05) is 19.1 Å². The van der Waals surface area contributed by atoms with Gasteiger partial charge in [0, 0.05) is 36.6 Å². The second-order valence-corrected chi connectivity index (χ2v) is 6.52. The van der Waals surface area contributed by atoms with E-state index in [9.17, 15) is 4.39 Å². The molecule has 2 heterocycles. The maximum Gasteiger partial charge on any atom is 0.146 e. The molecule has 0 spiro atoms. The second-order valence-electron chi connectivity index (χ2n) is 6.14. The van der Waals surface area contributed by atoms with Gasteiger partial charge in [-0.2, -0.15) is 0 Å². The molecular weight excluding hydrogens is 327 g/mol. The first-order valence-electron chi connectivity index (χ1n) is 8.24. The summed E-state index contributed by atoms with van der Waals surface area (Å²) in [5.74, 6) is -0.247. The Hall–Kier alpha value is -1.85. The summed E-state index contributed by atoms with van der Waals surface area (Å²) in [7, 11) is 0. The number of pyridine rings is 1. The Bertz CT molecular complexity index is 681. The molecule has 0 aliphatic carbocycles. The van der Waals surface area contributed by atoms with Crippen molar-refractivity contribution in [2.24, 2.45) is 0 Å². The maximum atomic E-state index is 14.0. The molecule has 2 aromatic rings. The van der Waals surface area contributed by atoms with Crippen molar-refractivity contribution in [2.75, 3.05) is 23.7 Å². The molecule has 3 rings (SSSR count). The van der Waals surface area contributed by atoms with E-state index in [1.165, 1.54) is 6.07 Å². The van der Waals surface area contributed by atoms with Gasteiger partial charge in [-0.25, -0.2) is 9.37 Å². The monoisotopic (exact) mass is 348 g/mol. The Balaban J connectivity index is 1.75. The van der Waals surface area contributed by atoms with E-state index in [-0.39, 0.29) is 5.82 Å². The van der Waals surface area contributed by atoms with Crippen LogP contribution in [0.5, 0.6) is 0 Å². The number of benzene rings is 1. The van der Waals surface area contributed by atoms with Crippen LogP contribution >= 0.6 is 11.6 Å². The quantitative estimate of drug-likeness (QED) is 0.716. The van der Waals surface area contributed by atoms with Crippen LogP contribution in [0.4, 0.5) is 15.8 Å². The first-order chi connectivity index (χ1) is 11.6. The van der Waals surface area contributed by atoms with Crippen LogP contribution in [-0.2, 0) is 6.54 Å². The van der Waals surface area contributed by atoms with E-state index in [2.05, 4.69) is 20.9 Å². The van der Waals surface area contributed by atoms with Crippen LogP contribution in [0, 0.1) is 12.7 Å². The number of anilines is 2. The minimum Gasteiger partial charge on any atom is -0.381 e. The summed E-state index contributed by atoms with van der Waals surface area (Å²) in [5, 5.41) is 10.6. The zero-order valence-electron chi connectivity index (χ0n) is 13.7. The van der Waals surface area contributed by atoms with Crippen LogP contribution in [0.15, 0.2) is 30.5 Å². The van der Waals surface area contributed by atoms with Crippen molar-refractivity contribution in [1.29, 1.82) is 0 Å². The predicted octanol–water partition coefficient (Wildman–Crippen LogP) is 3.96. The lowest BCUT2D eigenvalue weighted by molar-refractivity contribution is 0.479. The van der Waals surface area contributed by atoms with Gasteiger partial charge in [0.15, 0.2) is 0 Å². The van der Waals surface area contributed by atoms with Crippen molar-refractivity contribution < 1.29 is 4.39 Å². The van der Waals surface area contributed by atoms with Crippen molar-refractivity contribution in [1.82, 2.24) is 10.3 Å². The highest BCUT2D eigenvalue weighted by molar-refractivity contribution is 6.29. The van der Waals surface area contributed by atoms with Crippen molar-refractivity contribution in [3.05, 3.63) is 52.6 Å². The van der Waals surface area contributed by atoms with E-state index >= 15 is 0 Å². The van der Waals surface area contributed by atoms with Crippen molar-refractivity contribution in [3.63, 3.8) is 0 Å². The molecule has 1 aromatic heterocycles. The minimum absolute atomic E-state index is 0.247. The Morgan fingerprint density at radius 3 is 3.04 bits per heavy atom. The normalized spacial score (nSPS) is 17.5. The molecule has 0 bridgehead atoms. The third-order valence-corrected chi connectivity index (χ3v) is 4.49. The van der Waals surface area contributed by atoms with E-state index < -0.39 is 0 Å². The van der Waals surface area contributed by atoms with Gasteiger partial charge in [-0.15, -0.1) is 0 Å². The van der Waals surface area contributed by atoms with Gasteiger partial charge in [-0.1, -0.05) is 23.7 Å². The van der Waals surface area contributed by atoms with Gasteiger partial charge in [-0.3, -0.25) is 0 Å². The fourth-order valence-electron chi connectivity index (χ4n) is 2.97. The highest BCUT2D eigenvalue weighted by Crippen LogP contribution is 2.24. The van der Waals surface area contributed by atoms with E-state index in [0.29, 0.717) is 23.4 Å². The molecule has 128 valence electrons. The highest BCUT2D eigenvalue weighted by atomic mass is 35.5. The van der Waals surface area contributed by atoms with Crippen molar-refractivity contribution in [2.45, 2.75) is 32.4 Å². The van der Waals surface area contributed by atoms with Crippen LogP contribution in [0.1, 0.15) is 24.0 Å². The first-order valence-corrected chi connectivity index (χ1v) is 8.62. The van der Waals surface area contributed by atoms with Gasteiger partial charge in [-0.05, 0) is 44.0 Å². The standard InChI is InChI=1S/C18H22ClFN4/c1-12-4-2-6-15(20)18(12)23-10-13-9-22-17(19)8-16(13)24-14-5-3-7-21-11-14/h2,4,6,8-9,14,21,23H,3,5,7,10-11H2,1H3,(H,22,24)/t14-/m0/s1. The summed E-state index contributed by atoms with van der Waals surface area (Å²) >= 11 is 6.05. The number of nitrogens with zero attached hydrogens (tertiary/aromatic N) is 1. The Kier molecular flexibility index (Phi) is 5.53. The molecule has 0 unspecified atom stereocenters. The number of hydrogen-bond acceptors (Lipinski definition) is 4. The van der Waals surface area contributed by atoms with Gasteiger partial charge < -0.3 is 16.0 Å². The smallest absolute Gasteiger partial charge is 0.146 e. The van der Waals surface area contributed by atoms with E-state index in [4.69, 9.17) is 11.6 Å². The molecular formula is C18H22ClFN4. The van der Waals surface area contributed by atoms with E-state index in [1.54, 1.807) is 12.3 Å². The molecule has 1 saturated heterocycles. The lowest BCUT2D eigenvalue weighted by Crippen LogP contribution is -2.38. The number of rotatable bonds is 5. The molecule has 1 fully saturated rings. The zero-order valence-corrected chi connectivity index (χ0v) is 14.5. The summed E-state index contributed by atoms with van der Waals surface area (Å²) in [6, 6.07) is 7.26. The summed E-state index contributed by atoms with van der Waals surface area (Å²) in [6.45, 7) is 4.36. The second kappa shape index (κ2) is 7.81. The minimum atomic E-state index is -0.247. The average Bonchev–Trinajstić information content (AvgIpc) is 2.57. The number of halogens is 2. The molecule has 0 amide bonds. The maximum absolute atomic E-state index is 14.0. The number of hydrogen-bond donors (Lipinski definition) is 3. The summed E-state index contributed by atoms with van der Waals surface area (Å²) < 4.78 is 14.0. The van der Waals surface area contributed by atoms with Gasteiger partial charge >= 0.3 is 0 Å². The molecule has 1 aliphatic rings. The molecule has 1 aromatic carbocycles. The lowest BCUT2D eigenvalue weighted by atomic mass is 10.1. The molecule has 0 saturated carbocycles. The number of para-hydroxylation sites is 1. The molecule has 3 N–H and O–H groups in total. The Labute approximate surface area is 146 Å². The van der Waals surface area contributed by atoms with Gasteiger partial charge in [0.25, 0.3) is 0 Å². The fraction of sp³-hybridized carbons (Fsp3) is 0.389. The van der Waals surface area contributed by atoms with Crippen LogP contribution in [0.3, 0.4) is 0 Å². The summed E-state index contributed by atoms with van der Waals surface area (Å²) in [5.41, 5.74) is 3.32. The van der Waals surface area contributed by atoms with E-state index in [0.717, 1.165) is 42.7 Å². The zero-order chi connectivity index (χ0) is 16.9. The number of aryl methyl sites for hydroxylation is 1. The highest BCUT2D eigenvalue weighted by Gasteiger charge is 2.15. The molecule has 4 nitrogen and oxygen atoms in total. The largest absolute Gasteiger partial charge is 0.381 e. The first kappa shape index (κ1) is 17.0.